The maximum atomic E-state index is 12.5. The molecule has 2 aromatic carbocycles. The van der Waals surface area contributed by atoms with E-state index in [1.54, 1.807) is 12.1 Å². The Morgan fingerprint density at radius 1 is 1.11 bits per heavy atom. The van der Waals surface area contributed by atoms with Crippen molar-refractivity contribution >= 4 is 59.9 Å². The average molecular weight is 516 g/mol. The molecule has 0 aliphatic carbocycles. The minimum atomic E-state index is -1.09. The Kier molecular flexibility index (Phi) is 6.94. The Morgan fingerprint density at radius 2 is 1.93 bits per heavy atom. The van der Waals surface area contributed by atoms with Crippen LogP contribution in [0.1, 0.15) is 24.8 Å². The monoisotopic (exact) mass is 514 g/mol. The maximum Gasteiger partial charge on any atom is 0.224 e. The van der Waals surface area contributed by atoms with E-state index < -0.39 is 10.8 Å². The van der Waals surface area contributed by atoms with Gasteiger partial charge in [0, 0.05) is 28.0 Å². The number of nitrogen functional groups attached to an aromatic ring is 1. The lowest BCUT2D eigenvalue weighted by Crippen LogP contribution is -2.18. The summed E-state index contributed by atoms with van der Waals surface area (Å²) in [4.78, 5) is 12.1. The number of carbonyl (C=O) groups excluding carboxylic acids is 1. The quantitative estimate of drug-likeness (QED) is 0.415. The van der Waals surface area contributed by atoms with Gasteiger partial charge < -0.3 is 15.8 Å². The van der Waals surface area contributed by atoms with E-state index in [2.05, 4.69) is 37.2 Å². The number of benzene rings is 2. The van der Waals surface area contributed by atoms with Crippen molar-refractivity contribution < 1.29 is 13.7 Å². The number of ether oxygens (including phenoxy) is 1. The lowest BCUT2D eigenvalue weighted by Gasteiger charge is -2.17. The number of fused-ring (bicyclic) bond motifs is 1. The summed E-state index contributed by atoms with van der Waals surface area (Å²) in [5, 5.41) is 2.86. The van der Waals surface area contributed by atoms with Crippen molar-refractivity contribution in [1.29, 1.82) is 0 Å². The molecular formula is C19H20Br2N2O3S. The van der Waals surface area contributed by atoms with Gasteiger partial charge in [-0.05, 0) is 87.0 Å². The Labute approximate surface area is 177 Å². The summed E-state index contributed by atoms with van der Waals surface area (Å²) < 4.78 is 19.8. The predicted molar refractivity (Wildman–Crippen MR) is 116 cm³/mol. The molecule has 2 aromatic rings. The van der Waals surface area contributed by atoms with Gasteiger partial charge in [-0.2, -0.15) is 0 Å². The van der Waals surface area contributed by atoms with E-state index in [0.29, 0.717) is 24.5 Å². The lowest BCUT2D eigenvalue weighted by atomic mass is 10.0. The van der Waals surface area contributed by atoms with Crippen LogP contribution in [0, 0.1) is 0 Å². The molecular weight excluding hydrogens is 496 g/mol. The molecule has 144 valence electrons. The first-order chi connectivity index (χ1) is 13.0. The minimum Gasteiger partial charge on any atom is -0.494 e. The number of carbonyl (C=O) groups is 1. The molecule has 0 saturated heterocycles. The molecule has 1 atom stereocenters. The summed E-state index contributed by atoms with van der Waals surface area (Å²) in [5.41, 5.74) is 8.41. The predicted octanol–water partition coefficient (Wildman–Crippen LogP) is 4.65. The number of rotatable bonds is 7. The molecule has 0 aromatic heterocycles. The summed E-state index contributed by atoms with van der Waals surface area (Å²) in [6, 6.07) is 9.28. The third-order valence-electron chi connectivity index (χ3n) is 4.29. The van der Waals surface area contributed by atoms with Crippen LogP contribution in [0.25, 0.3) is 0 Å². The Bertz CT molecular complexity index is 889. The van der Waals surface area contributed by atoms with Crippen LogP contribution in [0.3, 0.4) is 0 Å². The molecule has 1 unspecified atom stereocenters. The highest BCUT2D eigenvalue weighted by atomic mass is 79.9. The van der Waals surface area contributed by atoms with Gasteiger partial charge in [-0.25, -0.2) is 0 Å². The van der Waals surface area contributed by atoms with Crippen LogP contribution in [0.5, 0.6) is 5.75 Å². The topological polar surface area (TPSA) is 81.4 Å². The molecule has 1 amide bonds. The zero-order valence-corrected chi connectivity index (χ0v) is 18.6. The van der Waals surface area contributed by atoms with Gasteiger partial charge in [0.05, 0.1) is 26.8 Å². The highest BCUT2D eigenvalue weighted by molar-refractivity contribution is 9.13. The fourth-order valence-electron chi connectivity index (χ4n) is 2.81. The number of hydrogen-bond acceptors (Lipinski definition) is 4. The van der Waals surface area contributed by atoms with E-state index in [-0.39, 0.29) is 5.91 Å². The van der Waals surface area contributed by atoms with Gasteiger partial charge in [0.15, 0.2) is 0 Å². The second-order valence-electron chi connectivity index (χ2n) is 6.25. The molecule has 3 rings (SSSR count). The first kappa shape index (κ1) is 20.4. The molecule has 0 saturated carbocycles. The Morgan fingerprint density at radius 3 is 2.74 bits per heavy atom. The number of hydrogen-bond donors (Lipinski definition) is 2. The van der Waals surface area contributed by atoms with Crippen molar-refractivity contribution in [1.82, 2.24) is 0 Å². The van der Waals surface area contributed by atoms with Crippen LogP contribution in [0.2, 0.25) is 0 Å². The first-order valence-electron chi connectivity index (χ1n) is 8.63. The third kappa shape index (κ3) is 5.12. The summed E-state index contributed by atoms with van der Waals surface area (Å²) in [7, 11) is -1.09. The van der Waals surface area contributed by atoms with Crippen molar-refractivity contribution in [3.05, 3.63) is 44.8 Å². The van der Waals surface area contributed by atoms with Crippen molar-refractivity contribution in [2.45, 2.75) is 30.6 Å². The van der Waals surface area contributed by atoms with Gasteiger partial charge in [-0.15, -0.1) is 0 Å². The van der Waals surface area contributed by atoms with Crippen LogP contribution in [0.15, 0.2) is 44.2 Å². The number of amides is 1. The average Bonchev–Trinajstić information content (AvgIpc) is 2.65. The smallest absolute Gasteiger partial charge is 0.224 e. The Hall–Kier alpha value is -1.38. The summed E-state index contributed by atoms with van der Waals surface area (Å²) in [6.45, 7) is 0.564. The van der Waals surface area contributed by atoms with Crippen LogP contribution in [-0.4, -0.2) is 22.5 Å². The zero-order chi connectivity index (χ0) is 19.4. The second-order valence-corrected chi connectivity index (χ2v) is 9.38. The van der Waals surface area contributed by atoms with Gasteiger partial charge >= 0.3 is 0 Å². The van der Waals surface area contributed by atoms with Crippen LogP contribution < -0.4 is 15.8 Å². The number of halogens is 2. The number of unbranched alkanes of at least 4 members (excludes halogenated alkanes) is 1. The zero-order valence-electron chi connectivity index (χ0n) is 14.6. The fraction of sp³-hybridized carbons (Fsp3) is 0.316. The molecule has 1 heterocycles. The molecule has 8 heteroatoms. The second kappa shape index (κ2) is 9.21. The highest BCUT2D eigenvalue weighted by Crippen LogP contribution is 2.34. The van der Waals surface area contributed by atoms with E-state index in [9.17, 15) is 9.00 Å². The molecule has 3 N–H and O–H groups in total. The highest BCUT2D eigenvalue weighted by Gasteiger charge is 2.15. The third-order valence-corrected chi connectivity index (χ3v) is 8.25. The summed E-state index contributed by atoms with van der Waals surface area (Å²) in [5.74, 6) is 1.43. The molecule has 0 radical (unpaired) electrons. The van der Waals surface area contributed by atoms with E-state index in [0.717, 1.165) is 50.1 Å². The van der Waals surface area contributed by atoms with Gasteiger partial charge in [-0.3, -0.25) is 9.00 Å². The van der Waals surface area contributed by atoms with E-state index in [1.807, 2.05) is 18.2 Å². The van der Waals surface area contributed by atoms with Crippen molar-refractivity contribution in [2.75, 3.05) is 23.4 Å². The molecule has 0 fully saturated rings. The molecule has 27 heavy (non-hydrogen) atoms. The minimum absolute atomic E-state index is 0.0592. The van der Waals surface area contributed by atoms with Crippen LogP contribution in [-0.2, 0) is 22.0 Å². The largest absolute Gasteiger partial charge is 0.494 e. The molecule has 0 bridgehead atoms. The van der Waals surface area contributed by atoms with Gasteiger partial charge in [0.1, 0.15) is 5.75 Å². The summed E-state index contributed by atoms with van der Waals surface area (Å²) >= 11 is 6.84. The van der Waals surface area contributed by atoms with Crippen molar-refractivity contribution in [2.24, 2.45) is 0 Å². The number of anilines is 2. The first-order valence-corrected chi connectivity index (χ1v) is 11.5. The standard InChI is InChI=1S/C19H20Br2N2O3S/c20-18-14(22)5-7-16(19(18)21)27(25)10-2-1-9-26-13-4-6-15-12(11-13)3-8-17(24)23-15/h4-7,11H,1-3,8-10,22H2,(H,23,24). The number of aryl methyl sites for hydroxylation is 1. The molecule has 5 nitrogen and oxygen atoms in total. The fourth-order valence-corrected chi connectivity index (χ4v) is 5.39. The van der Waals surface area contributed by atoms with E-state index in [1.165, 1.54) is 0 Å². The SMILES string of the molecule is Nc1ccc(S(=O)CCCCOc2ccc3c(c2)CCC(=O)N3)c(Br)c1Br. The number of nitrogens with two attached hydrogens (primary N) is 1. The summed E-state index contributed by atoms with van der Waals surface area (Å²) in [6.07, 6.45) is 2.86. The lowest BCUT2D eigenvalue weighted by molar-refractivity contribution is -0.116. The molecule has 1 aliphatic rings. The Balaban J connectivity index is 1.45. The van der Waals surface area contributed by atoms with E-state index >= 15 is 0 Å². The number of nitrogens with one attached hydrogen (secondary N) is 1. The van der Waals surface area contributed by atoms with Crippen LogP contribution >= 0.6 is 31.9 Å². The van der Waals surface area contributed by atoms with Crippen molar-refractivity contribution in [3.8, 4) is 5.75 Å². The maximum absolute atomic E-state index is 12.5. The van der Waals surface area contributed by atoms with Crippen molar-refractivity contribution in [3.63, 3.8) is 0 Å². The van der Waals surface area contributed by atoms with Gasteiger partial charge in [-0.1, -0.05) is 0 Å². The van der Waals surface area contributed by atoms with E-state index in [4.69, 9.17) is 10.5 Å². The molecule has 0 spiro atoms. The normalized spacial score (nSPS) is 14.4. The van der Waals surface area contributed by atoms with Gasteiger partial charge in [0.25, 0.3) is 0 Å². The molecule has 1 aliphatic heterocycles. The van der Waals surface area contributed by atoms with Crippen LogP contribution in [0.4, 0.5) is 11.4 Å². The van der Waals surface area contributed by atoms with Gasteiger partial charge in [0.2, 0.25) is 5.91 Å².